The van der Waals surface area contributed by atoms with E-state index in [0.29, 0.717) is 19.6 Å². The predicted octanol–water partition coefficient (Wildman–Crippen LogP) is 1.10. The van der Waals surface area contributed by atoms with Crippen molar-refractivity contribution in [2.24, 2.45) is 0 Å². The van der Waals surface area contributed by atoms with Gasteiger partial charge in [-0.05, 0) is 12.1 Å². The standard InChI is InChI=1S/C14H20N4O3S/c19-13-15-3-4-18(13)14(20)16-10-11(12-2-1-7-21-12)17-5-8-22-9-6-17/h1-2,7,11H,3-6,8-10H2,(H,15,19)(H,16,20). The summed E-state index contributed by atoms with van der Waals surface area (Å²) in [7, 11) is 0. The van der Waals surface area contributed by atoms with Crippen molar-refractivity contribution >= 4 is 23.8 Å². The molecule has 1 unspecified atom stereocenters. The lowest BCUT2D eigenvalue weighted by Gasteiger charge is -2.33. The molecule has 1 atom stereocenters. The lowest BCUT2D eigenvalue weighted by molar-refractivity contribution is 0.176. The molecule has 4 amide bonds. The fourth-order valence-electron chi connectivity index (χ4n) is 2.72. The fourth-order valence-corrected chi connectivity index (χ4v) is 3.66. The van der Waals surface area contributed by atoms with Crippen molar-refractivity contribution in [2.45, 2.75) is 6.04 Å². The van der Waals surface area contributed by atoms with Crippen molar-refractivity contribution in [1.29, 1.82) is 0 Å². The summed E-state index contributed by atoms with van der Waals surface area (Å²) in [5.41, 5.74) is 0. The maximum absolute atomic E-state index is 12.1. The number of carbonyl (C=O) groups is 2. The highest BCUT2D eigenvalue weighted by Gasteiger charge is 2.29. The molecule has 1 aromatic rings. The molecule has 2 aliphatic heterocycles. The lowest BCUT2D eigenvalue weighted by atomic mass is 10.2. The Morgan fingerprint density at radius 3 is 2.86 bits per heavy atom. The minimum Gasteiger partial charge on any atom is -0.468 e. The van der Waals surface area contributed by atoms with Crippen molar-refractivity contribution in [3.05, 3.63) is 24.2 Å². The molecule has 0 bridgehead atoms. The second-order valence-electron chi connectivity index (χ2n) is 5.25. The van der Waals surface area contributed by atoms with E-state index < -0.39 is 0 Å². The highest BCUT2D eigenvalue weighted by molar-refractivity contribution is 7.99. The van der Waals surface area contributed by atoms with Gasteiger partial charge in [-0.15, -0.1) is 0 Å². The van der Waals surface area contributed by atoms with Crippen LogP contribution in [0, 0.1) is 0 Å². The Morgan fingerprint density at radius 2 is 2.23 bits per heavy atom. The van der Waals surface area contributed by atoms with Crippen LogP contribution < -0.4 is 10.6 Å². The largest absolute Gasteiger partial charge is 0.468 e. The third-order valence-corrected chi connectivity index (χ3v) is 4.85. The van der Waals surface area contributed by atoms with Crippen molar-refractivity contribution in [3.8, 4) is 0 Å². The number of carbonyl (C=O) groups excluding carboxylic acids is 2. The van der Waals surface area contributed by atoms with Gasteiger partial charge < -0.3 is 15.1 Å². The van der Waals surface area contributed by atoms with Gasteiger partial charge in [-0.2, -0.15) is 11.8 Å². The fraction of sp³-hybridized carbons (Fsp3) is 0.571. The second kappa shape index (κ2) is 7.06. The number of rotatable bonds is 4. The zero-order valence-electron chi connectivity index (χ0n) is 12.3. The van der Waals surface area contributed by atoms with Crippen LogP contribution in [0.5, 0.6) is 0 Å². The van der Waals surface area contributed by atoms with E-state index in [1.165, 1.54) is 4.90 Å². The molecule has 8 heteroatoms. The first kappa shape index (κ1) is 15.2. The minimum absolute atomic E-state index is 0.00511. The molecule has 120 valence electrons. The quantitative estimate of drug-likeness (QED) is 0.867. The Balaban J connectivity index is 1.62. The number of nitrogens with one attached hydrogen (secondary N) is 2. The minimum atomic E-state index is -0.349. The first-order valence-corrected chi connectivity index (χ1v) is 8.59. The molecular weight excluding hydrogens is 304 g/mol. The average molecular weight is 324 g/mol. The SMILES string of the molecule is O=C1NCCN1C(=O)NCC(c1ccco1)N1CCSCC1. The summed E-state index contributed by atoms with van der Waals surface area (Å²) in [6, 6.07) is 3.11. The van der Waals surface area contributed by atoms with E-state index in [1.807, 2.05) is 23.9 Å². The normalized spacial score (nSPS) is 20.7. The van der Waals surface area contributed by atoms with Gasteiger partial charge in [0.1, 0.15) is 5.76 Å². The highest BCUT2D eigenvalue weighted by atomic mass is 32.2. The van der Waals surface area contributed by atoms with Gasteiger partial charge in [0.05, 0.1) is 12.3 Å². The van der Waals surface area contributed by atoms with Crippen LogP contribution in [-0.4, -0.2) is 66.1 Å². The Kier molecular flexibility index (Phi) is 4.89. The van der Waals surface area contributed by atoms with Crippen LogP contribution in [0.4, 0.5) is 9.59 Å². The number of urea groups is 2. The van der Waals surface area contributed by atoms with Crippen LogP contribution in [0.25, 0.3) is 0 Å². The van der Waals surface area contributed by atoms with Crippen LogP contribution in [0.15, 0.2) is 22.8 Å². The summed E-state index contributed by atoms with van der Waals surface area (Å²) in [5, 5.41) is 5.48. The number of imide groups is 1. The Hall–Kier alpha value is -1.67. The number of nitrogens with zero attached hydrogens (tertiary/aromatic N) is 2. The van der Waals surface area contributed by atoms with Crippen LogP contribution in [0.3, 0.4) is 0 Å². The van der Waals surface area contributed by atoms with Crippen molar-refractivity contribution in [3.63, 3.8) is 0 Å². The molecule has 3 rings (SSSR count). The van der Waals surface area contributed by atoms with Crippen LogP contribution in [0.1, 0.15) is 11.8 Å². The lowest BCUT2D eigenvalue weighted by Crippen LogP contribution is -2.46. The Bertz CT molecular complexity index is 516. The van der Waals surface area contributed by atoms with Gasteiger partial charge in [-0.25, -0.2) is 14.5 Å². The van der Waals surface area contributed by atoms with Gasteiger partial charge in [-0.3, -0.25) is 4.90 Å². The zero-order chi connectivity index (χ0) is 15.4. The van der Waals surface area contributed by atoms with Crippen LogP contribution >= 0.6 is 11.8 Å². The van der Waals surface area contributed by atoms with E-state index in [4.69, 9.17) is 4.42 Å². The molecule has 2 N–H and O–H groups in total. The molecular formula is C14H20N4O3S. The molecule has 0 saturated carbocycles. The van der Waals surface area contributed by atoms with E-state index in [-0.39, 0.29) is 18.1 Å². The van der Waals surface area contributed by atoms with Gasteiger partial charge in [0.25, 0.3) is 0 Å². The topological polar surface area (TPSA) is 77.8 Å². The van der Waals surface area contributed by atoms with Gasteiger partial charge in [-0.1, -0.05) is 0 Å². The zero-order valence-corrected chi connectivity index (χ0v) is 13.1. The molecule has 2 saturated heterocycles. The summed E-state index contributed by atoms with van der Waals surface area (Å²) in [6.07, 6.45) is 1.65. The summed E-state index contributed by atoms with van der Waals surface area (Å²) in [6.45, 7) is 3.29. The molecule has 0 radical (unpaired) electrons. The Labute approximate surface area is 133 Å². The molecule has 1 aromatic heterocycles. The molecule has 0 spiro atoms. The monoisotopic (exact) mass is 324 g/mol. The van der Waals surface area contributed by atoms with Gasteiger partial charge in [0, 0.05) is 44.2 Å². The summed E-state index contributed by atoms with van der Waals surface area (Å²) < 4.78 is 5.54. The van der Waals surface area contributed by atoms with Gasteiger partial charge in [0.15, 0.2) is 0 Å². The van der Waals surface area contributed by atoms with E-state index in [9.17, 15) is 9.59 Å². The first-order valence-electron chi connectivity index (χ1n) is 7.44. The van der Waals surface area contributed by atoms with E-state index in [1.54, 1.807) is 6.26 Å². The summed E-state index contributed by atoms with van der Waals surface area (Å²) in [5.74, 6) is 3.01. The average Bonchev–Trinajstić information content (AvgIpc) is 3.20. The Morgan fingerprint density at radius 1 is 1.41 bits per heavy atom. The van der Waals surface area contributed by atoms with Crippen LogP contribution in [0.2, 0.25) is 0 Å². The van der Waals surface area contributed by atoms with Crippen LogP contribution in [-0.2, 0) is 0 Å². The smallest absolute Gasteiger partial charge is 0.325 e. The summed E-state index contributed by atoms with van der Waals surface area (Å²) >= 11 is 1.94. The number of hydrogen-bond donors (Lipinski definition) is 2. The second-order valence-corrected chi connectivity index (χ2v) is 6.47. The molecule has 0 aromatic carbocycles. The van der Waals surface area contributed by atoms with E-state index >= 15 is 0 Å². The molecule has 3 heterocycles. The third-order valence-electron chi connectivity index (χ3n) is 3.91. The number of amides is 4. The maximum Gasteiger partial charge on any atom is 0.325 e. The van der Waals surface area contributed by atoms with Gasteiger partial charge >= 0.3 is 12.1 Å². The first-order chi connectivity index (χ1) is 10.8. The van der Waals surface area contributed by atoms with E-state index in [0.717, 1.165) is 30.4 Å². The van der Waals surface area contributed by atoms with Crippen molar-refractivity contribution < 1.29 is 14.0 Å². The molecule has 0 aliphatic carbocycles. The number of thioether (sulfide) groups is 1. The maximum atomic E-state index is 12.1. The van der Waals surface area contributed by atoms with Gasteiger partial charge in [0.2, 0.25) is 0 Å². The highest BCUT2D eigenvalue weighted by Crippen LogP contribution is 2.24. The van der Waals surface area contributed by atoms with Crippen molar-refractivity contribution in [1.82, 2.24) is 20.4 Å². The molecule has 2 fully saturated rings. The van der Waals surface area contributed by atoms with E-state index in [2.05, 4.69) is 15.5 Å². The third kappa shape index (κ3) is 3.38. The molecule has 2 aliphatic rings. The number of hydrogen-bond acceptors (Lipinski definition) is 5. The molecule has 7 nitrogen and oxygen atoms in total. The summed E-state index contributed by atoms with van der Waals surface area (Å²) in [4.78, 5) is 27.1. The predicted molar refractivity (Wildman–Crippen MR) is 83.9 cm³/mol. The number of furan rings is 1. The molecule has 22 heavy (non-hydrogen) atoms. The van der Waals surface area contributed by atoms with Crippen molar-refractivity contribution in [2.75, 3.05) is 44.2 Å².